The molecule has 1 N–H and O–H groups in total. The summed E-state index contributed by atoms with van der Waals surface area (Å²) in [6, 6.07) is 11.1. The molecule has 4 aliphatic rings. The van der Waals surface area contributed by atoms with Gasteiger partial charge in [0.15, 0.2) is 0 Å². The predicted molar refractivity (Wildman–Crippen MR) is 112 cm³/mol. The third kappa shape index (κ3) is 3.42. The molecule has 4 fully saturated rings. The summed E-state index contributed by atoms with van der Waals surface area (Å²) in [7, 11) is 0. The van der Waals surface area contributed by atoms with Crippen molar-refractivity contribution in [3.05, 3.63) is 52.8 Å². The van der Waals surface area contributed by atoms with Crippen molar-refractivity contribution in [3.8, 4) is 17.2 Å². The highest BCUT2D eigenvalue weighted by Gasteiger charge is 2.50. The second-order valence-electron chi connectivity index (χ2n) is 9.31. The Morgan fingerprint density at radius 2 is 1.86 bits per heavy atom. The van der Waals surface area contributed by atoms with Crippen molar-refractivity contribution in [2.45, 2.75) is 38.5 Å². The van der Waals surface area contributed by atoms with E-state index in [0.717, 1.165) is 29.9 Å². The van der Waals surface area contributed by atoms with Crippen LogP contribution in [0.4, 0.5) is 0 Å². The second-order valence-corrected chi connectivity index (χ2v) is 9.71. The zero-order valence-electron chi connectivity index (χ0n) is 16.3. The molecular weight excluding hydrogens is 382 g/mol. The Bertz CT molecular complexity index is 974. The van der Waals surface area contributed by atoms with Gasteiger partial charge in [-0.3, -0.25) is 4.79 Å². The number of nitriles is 1. The topological polar surface area (TPSA) is 65.8 Å². The first-order valence-corrected chi connectivity index (χ1v) is 10.9. The Labute approximate surface area is 176 Å². The van der Waals surface area contributed by atoms with Crippen LogP contribution in [0.5, 0.6) is 0 Å². The normalized spacial score (nSPS) is 29.4. The number of halogens is 1. The first-order valence-electron chi connectivity index (χ1n) is 10.5. The van der Waals surface area contributed by atoms with E-state index in [1.165, 1.54) is 38.5 Å². The molecule has 0 unspecified atom stereocenters. The SMILES string of the molecule is N#Cc1ncccc1-c1ccc(Cl)c(C(=O)NCC23CC4CC(CC(C4)C2)C3)c1. The van der Waals surface area contributed by atoms with Crippen molar-refractivity contribution in [3.63, 3.8) is 0 Å². The molecule has 1 aromatic heterocycles. The molecular formula is C24H24ClN3O. The van der Waals surface area contributed by atoms with Gasteiger partial charge < -0.3 is 5.32 Å². The quantitative estimate of drug-likeness (QED) is 0.758. The van der Waals surface area contributed by atoms with Gasteiger partial charge in [-0.15, -0.1) is 0 Å². The van der Waals surface area contributed by atoms with Crippen LogP contribution in [0, 0.1) is 34.5 Å². The van der Waals surface area contributed by atoms with E-state index < -0.39 is 0 Å². The number of nitrogens with zero attached hydrogens (tertiary/aromatic N) is 2. The lowest BCUT2D eigenvalue weighted by Crippen LogP contribution is -2.51. The Kier molecular flexibility index (Phi) is 4.59. The molecule has 5 heteroatoms. The summed E-state index contributed by atoms with van der Waals surface area (Å²) in [6.45, 7) is 0.742. The molecule has 6 rings (SSSR count). The van der Waals surface area contributed by atoms with Crippen LogP contribution in [0.15, 0.2) is 36.5 Å². The fraction of sp³-hybridized carbons (Fsp3) is 0.458. The summed E-state index contributed by atoms with van der Waals surface area (Å²) in [5.41, 5.74) is 2.57. The van der Waals surface area contributed by atoms with Crippen LogP contribution in [-0.2, 0) is 0 Å². The Morgan fingerprint density at radius 3 is 2.52 bits per heavy atom. The Hall–Kier alpha value is -2.38. The van der Waals surface area contributed by atoms with Crippen LogP contribution in [0.2, 0.25) is 5.02 Å². The van der Waals surface area contributed by atoms with Crippen molar-refractivity contribution in [1.82, 2.24) is 10.3 Å². The summed E-state index contributed by atoms with van der Waals surface area (Å²) in [5, 5.41) is 13.0. The lowest BCUT2D eigenvalue weighted by Gasteiger charge is -2.56. The van der Waals surface area contributed by atoms with Gasteiger partial charge in [-0.2, -0.15) is 5.26 Å². The van der Waals surface area contributed by atoms with Crippen molar-refractivity contribution in [2.24, 2.45) is 23.2 Å². The molecule has 1 heterocycles. The second kappa shape index (κ2) is 7.15. The van der Waals surface area contributed by atoms with E-state index >= 15 is 0 Å². The highest BCUT2D eigenvalue weighted by molar-refractivity contribution is 6.34. The molecule has 0 saturated heterocycles. The van der Waals surface area contributed by atoms with E-state index in [1.807, 2.05) is 12.1 Å². The highest BCUT2D eigenvalue weighted by Crippen LogP contribution is 2.59. The van der Waals surface area contributed by atoms with Gasteiger partial charge in [-0.1, -0.05) is 17.7 Å². The standard InChI is InChI=1S/C24H24ClN3O/c25-21-4-3-18(19-2-1-5-27-22(19)13-26)9-20(21)23(29)28-14-24-10-15-6-16(11-24)8-17(7-15)12-24/h1-5,9,15-17H,6-8,10-12,14H2,(H,28,29). The number of aromatic nitrogens is 1. The number of hydrogen-bond acceptors (Lipinski definition) is 3. The summed E-state index contributed by atoms with van der Waals surface area (Å²) in [5.74, 6) is 2.45. The summed E-state index contributed by atoms with van der Waals surface area (Å²) in [4.78, 5) is 17.1. The van der Waals surface area contributed by atoms with E-state index in [-0.39, 0.29) is 11.3 Å². The monoisotopic (exact) mass is 405 g/mol. The molecule has 4 aliphatic carbocycles. The lowest BCUT2D eigenvalue weighted by molar-refractivity contribution is -0.0503. The van der Waals surface area contributed by atoms with E-state index in [9.17, 15) is 10.1 Å². The van der Waals surface area contributed by atoms with Crippen LogP contribution in [0.3, 0.4) is 0 Å². The van der Waals surface area contributed by atoms with E-state index in [0.29, 0.717) is 21.8 Å². The Balaban J connectivity index is 1.36. The number of amides is 1. The van der Waals surface area contributed by atoms with Crippen LogP contribution in [0.25, 0.3) is 11.1 Å². The third-order valence-corrected chi connectivity index (χ3v) is 7.55. The molecule has 29 heavy (non-hydrogen) atoms. The van der Waals surface area contributed by atoms with E-state index in [2.05, 4.69) is 16.4 Å². The fourth-order valence-corrected chi connectivity index (χ4v) is 6.67. The number of nitrogens with one attached hydrogen (secondary N) is 1. The number of hydrogen-bond donors (Lipinski definition) is 1. The molecule has 2 aromatic rings. The predicted octanol–water partition coefficient (Wildman–Crippen LogP) is 5.22. The maximum atomic E-state index is 13.0. The summed E-state index contributed by atoms with van der Waals surface area (Å²) in [6.07, 6.45) is 9.56. The van der Waals surface area contributed by atoms with Crippen LogP contribution in [-0.4, -0.2) is 17.4 Å². The maximum Gasteiger partial charge on any atom is 0.252 e. The first-order chi connectivity index (χ1) is 14.0. The molecule has 4 nitrogen and oxygen atoms in total. The molecule has 0 radical (unpaired) electrons. The molecule has 1 aromatic carbocycles. The van der Waals surface area contributed by atoms with Crippen molar-refractivity contribution >= 4 is 17.5 Å². The summed E-state index contributed by atoms with van der Waals surface area (Å²) >= 11 is 6.37. The minimum absolute atomic E-state index is 0.130. The summed E-state index contributed by atoms with van der Waals surface area (Å²) < 4.78 is 0. The molecule has 0 spiro atoms. The average Bonchev–Trinajstić information content (AvgIpc) is 2.71. The minimum Gasteiger partial charge on any atom is -0.351 e. The van der Waals surface area contributed by atoms with Gasteiger partial charge in [0.25, 0.3) is 5.91 Å². The molecule has 148 valence electrons. The number of pyridine rings is 1. The van der Waals surface area contributed by atoms with Crippen molar-refractivity contribution < 1.29 is 4.79 Å². The number of rotatable bonds is 4. The molecule has 1 amide bonds. The maximum absolute atomic E-state index is 13.0. The fourth-order valence-electron chi connectivity index (χ4n) is 6.46. The van der Waals surface area contributed by atoms with Gasteiger partial charge in [-0.25, -0.2) is 4.98 Å². The minimum atomic E-state index is -0.130. The molecule has 4 bridgehead atoms. The van der Waals surface area contributed by atoms with E-state index in [1.54, 1.807) is 24.4 Å². The lowest BCUT2D eigenvalue weighted by atomic mass is 9.49. The van der Waals surface area contributed by atoms with Gasteiger partial charge in [0, 0.05) is 18.3 Å². The average molecular weight is 406 g/mol. The number of carbonyl (C=O) groups is 1. The van der Waals surface area contributed by atoms with Crippen molar-refractivity contribution in [1.29, 1.82) is 5.26 Å². The van der Waals surface area contributed by atoms with Crippen LogP contribution >= 0.6 is 11.6 Å². The zero-order valence-corrected chi connectivity index (χ0v) is 17.1. The number of benzene rings is 1. The largest absolute Gasteiger partial charge is 0.351 e. The molecule has 0 aliphatic heterocycles. The van der Waals surface area contributed by atoms with Gasteiger partial charge in [0.2, 0.25) is 0 Å². The zero-order chi connectivity index (χ0) is 20.0. The van der Waals surface area contributed by atoms with Gasteiger partial charge >= 0.3 is 0 Å². The van der Waals surface area contributed by atoms with E-state index in [4.69, 9.17) is 11.6 Å². The smallest absolute Gasteiger partial charge is 0.252 e. The number of carbonyl (C=O) groups excluding carboxylic acids is 1. The third-order valence-electron chi connectivity index (χ3n) is 7.22. The molecule has 4 saturated carbocycles. The van der Waals surface area contributed by atoms with Gasteiger partial charge in [-0.05, 0) is 91.5 Å². The Morgan fingerprint density at radius 1 is 1.17 bits per heavy atom. The van der Waals surface area contributed by atoms with Gasteiger partial charge in [0.1, 0.15) is 11.8 Å². The van der Waals surface area contributed by atoms with Gasteiger partial charge in [0.05, 0.1) is 10.6 Å². The highest BCUT2D eigenvalue weighted by atomic mass is 35.5. The molecule has 0 atom stereocenters. The van der Waals surface area contributed by atoms with Crippen molar-refractivity contribution in [2.75, 3.05) is 6.54 Å². The first kappa shape index (κ1) is 18.6. The van der Waals surface area contributed by atoms with Crippen LogP contribution in [0.1, 0.15) is 54.6 Å². The van der Waals surface area contributed by atoms with Crippen LogP contribution < -0.4 is 5.32 Å².